The molecule has 1 unspecified atom stereocenters. The highest BCUT2D eigenvalue weighted by molar-refractivity contribution is 5.92. The summed E-state index contributed by atoms with van der Waals surface area (Å²) in [5.41, 5.74) is 5.51. The van der Waals surface area contributed by atoms with Crippen molar-refractivity contribution in [3.8, 4) is 0 Å². The van der Waals surface area contributed by atoms with Gasteiger partial charge in [0.25, 0.3) is 5.91 Å². The predicted octanol–water partition coefficient (Wildman–Crippen LogP) is 0.232. The van der Waals surface area contributed by atoms with Gasteiger partial charge in [0.15, 0.2) is 0 Å². The molecule has 0 aliphatic carbocycles. The van der Waals surface area contributed by atoms with E-state index in [4.69, 9.17) is 5.73 Å². The van der Waals surface area contributed by atoms with Crippen LogP contribution in [0, 0.1) is 0 Å². The van der Waals surface area contributed by atoms with Crippen LogP contribution in [0.5, 0.6) is 0 Å². The van der Waals surface area contributed by atoms with Crippen LogP contribution in [0.3, 0.4) is 0 Å². The van der Waals surface area contributed by atoms with Gasteiger partial charge in [0.05, 0.1) is 0 Å². The minimum absolute atomic E-state index is 0.0405. The maximum Gasteiger partial charge on any atom is 0.268 e. The second kappa shape index (κ2) is 6.07. The zero-order valence-electron chi connectivity index (χ0n) is 9.32. The molecule has 1 aromatic heterocycles. The van der Waals surface area contributed by atoms with Gasteiger partial charge in [-0.15, -0.1) is 0 Å². The smallest absolute Gasteiger partial charge is 0.268 e. The number of pyridine rings is 1. The molecule has 0 aromatic carbocycles. The largest absolute Gasteiger partial charge is 0.347 e. The zero-order chi connectivity index (χ0) is 12.0. The first-order valence-electron chi connectivity index (χ1n) is 5.37. The van der Waals surface area contributed by atoms with Crippen molar-refractivity contribution in [3.05, 3.63) is 34.2 Å². The molecular weight excluding hydrogens is 206 g/mol. The molecule has 5 nitrogen and oxygen atoms in total. The fourth-order valence-electron chi connectivity index (χ4n) is 1.44. The van der Waals surface area contributed by atoms with Crippen molar-refractivity contribution in [1.82, 2.24) is 10.3 Å². The van der Waals surface area contributed by atoms with Gasteiger partial charge >= 0.3 is 0 Å². The Morgan fingerprint density at radius 1 is 1.56 bits per heavy atom. The lowest BCUT2D eigenvalue weighted by atomic mass is 10.1. The van der Waals surface area contributed by atoms with Gasteiger partial charge in [-0.3, -0.25) is 9.59 Å². The van der Waals surface area contributed by atoms with E-state index in [9.17, 15) is 9.59 Å². The van der Waals surface area contributed by atoms with Gasteiger partial charge in [0.1, 0.15) is 5.69 Å². The normalized spacial score (nSPS) is 12.1. The maximum atomic E-state index is 11.7. The topological polar surface area (TPSA) is 88.0 Å². The lowest BCUT2D eigenvalue weighted by Crippen LogP contribution is -2.40. The Morgan fingerprint density at radius 3 is 2.88 bits per heavy atom. The Hall–Kier alpha value is -1.62. The molecule has 1 amide bonds. The van der Waals surface area contributed by atoms with Gasteiger partial charge < -0.3 is 16.0 Å². The van der Waals surface area contributed by atoms with Crippen molar-refractivity contribution in [3.63, 3.8) is 0 Å². The fourth-order valence-corrected chi connectivity index (χ4v) is 1.44. The number of H-pyrrole nitrogens is 1. The SMILES string of the molecule is CCCC(CN)NC(=O)c1cccc(=O)[nH]1. The number of nitrogens with one attached hydrogen (secondary N) is 2. The first-order chi connectivity index (χ1) is 7.67. The molecule has 0 aliphatic heterocycles. The number of aromatic amines is 1. The Balaban J connectivity index is 2.67. The Labute approximate surface area is 94.1 Å². The minimum Gasteiger partial charge on any atom is -0.347 e. The van der Waals surface area contributed by atoms with E-state index in [1.54, 1.807) is 12.1 Å². The van der Waals surface area contributed by atoms with E-state index in [0.29, 0.717) is 6.54 Å². The molecule has 1 heterocycles. The summed E-state index contributed by atoms with van der Waals surface area (Å²) in [5, 5.41) is 2.78. The number of carbonyl (C=O) groups is 1. The number of amides is 1. The first kappa shape index (κ1) is 12.4. The van der Waals surface area contributed by atoms with Gasteiger partial charge in [0.2, 0.25) is 5.56 Å². The van der Waals surface area contributed by atoms with E-state index in [-0.39, 0.29) is 23.2 Å². The molecule has 88 valence electrons. The number of hydrogen-bond acceptors (Lipinski definition) is 3. The summed E-state index contributed by atoms with van der Waals surface area (Å²) in [6, 6.07) is 4.44. The number of nitrogens with two attached hydrogens (primary N) is 1. The molecule has 0 fully saturated rings. The van der Waals surface area contributed by atoms with Crippen LogP contribution in [0.1, 0.15) is 30.3 Å². The number of carbonyl (C=O) groups excluding carboxylic acids is 1. The Kier molecular flexibility index (Phi) is 4.72. The summed E-state index contributed by atoms with van der Waals surface area (Å²) in [5.74, 6) is -0.290. The van der Waals surface area contributed by atoms with Crippen molar-refractivity contribution < 1.29 is 4.79 Å². The molecule has 4 N–H and O–H groups in total. The van der Waals surface area contributed by atoms with Crippen LogP contribution >= 0.6 is 0 Å². The average molecular weight is 223 g/mol. The quantitative estimate of drug-likeness (QED) is 0.667. The third kappa shape index (κ3) is 3.51. The van der Waals surface area contributed by atoms with Crippen LogP contribution in [-0.2, 0) is 0 Å². The third-order valence-corrected chi connectivity index (χ3v) is 2.27. The van der Waals surface area contributed by atoms with Gasteiger partial charge in [-0.1, -0.05) is 19.4 Å². The van der Waals surface area contributed by atoms with Gasteiger partial charge in [-0.25, -0.2) is 0 Å². The molecular formula is C11H17N3O2. The summed E-state index contributed by atoms with van der Waals surface area (Å²) >= 11 is 0. The highest BCUT2D eigenvalue weighted by Gasteiger charge is 2.11. The summed E-state index contributed by atoms with van der Waals surface area (Å²) in [6.07, 6.45) is 1.78. The monoisotopic (exact) mass is 223 g/mol. The van der Waals surface area contributed by atoms with Crippen molar-refractivity contribution in [2.45, 2.75) is 25.8 Å². The number of hydrogen-bond donors (Lipinski definition) is 3. The fraction of sp³-hybridized carbons (Fsp3) is 0.455. The Bertz CT molecular complexity index is 400. The maximum absolute atomic E-state index is 11.7. The highest BCUT2D eigenvalue weighted by atomic mass is 16.2. The molecule has 0 radical (unpaired) electrons. The zero-order valence-corrected chi connectivity index (χ0v) is 9.32. The molecule has 0 aliphatic rings. The molecule has 5 heteroatoms. The van der Waals surface area contributed by atoms with Crippen molar-refractivity contribution >= 4 is 5.91 Å². The third-order valence-electron chi connectivity index (χ3n) is 2.27. The molecule has 0 saturated carbocycles. The van der Waals surface area contributed by atoms with E-state index in [1.807, 2.05) is 6.92 Å². The molecule has 1 rings (SSSR count). The highest BCUT2D eigenvalue weighted by Crippen LogP contribution is 1.97. The molecule has 0 spiro atoms. The van der Waals surface area contributed by atoms with Gasteiger partial charge in [-0.05, 0) is 12.5 Å². The van der Waals surface area contributed by atoms with Gasteiger partial charge in [0, 0.05) is 18.7 Å². The Morgan fingerprint density at radius 2 is 2.31 bits per heavy atom. The van der Waals surface area contributed by atoms with Crippen LogP contribution in [0.2, 0.25) is 0 Å². The van der Waals surface area contributed by atoms with E-state index in [0.717, 1.165) is 12.8 Å². The lowest BCUT2D eigenvalue weighted by Gasteiger charge is -2.15. The van der Waals surface area contributed by atoms with Crippen molar-refractivity contribution in [2.75, 3.05) is 6.54 Å². The van der Waals surface area contributed by atoms with Crippen LogP contribution in [0.25, 0.3) is 0 Å². The van der Waals surface area contributed by atoms with E-state index < -0.39 is 0 Å². The average Bonchev–Trinajstić information content (AvgIpc) is 2.28. The summed E-state index contributed by atoms with van der Waals surface area (Å²) in [6.45, 7) is 2.43. The summed E-state index contributed by atoms with van der Waals surface area (Å²) < 4.78 is 0. The number of rotatable bonds is 5. The lowest BCUT2D eigenvalue weighted by molar-refractivity contribution is 0.0931. The van der Waals surface area contributed by atoms with Crippen LogP contribution < -0.4 is 16.6 Å². The second-order valence-electron chi connectivity index (χ2n) is 3.62. The summed E-state index contributed by atoms with van der Waals surface area (Å²) in [4.78, 5) is 25.2. The van der Waals surface area contributed by atoms with Crippen LogP contribution in [-0.4, -0.2) is 23.5 Å². The number of aromatic nitrogens is 1. The molecule has 0 saturated heterocycles. The predicted molar refractivity (Wildman–Crippen MR) is 62.3 cm³/mol. The van der Waals surface area contributed by atoms with E-state index in [1.165, 1.54) is 6.07 Å². The molecule has 1 aromatic rings. The van der Waals surface area contributed by atoms with E-state index >= 15 is 0 Å². The standard InChI is InChI=1S/C11H17N3O2/c1-2-4-8(7-12)13-11(16)9-5-3-6-10(15)14-9/h3,5-6,8H,2,4,7,12H2,1H3,(H,13,16)(H,14,15). The first-order valence-corrected chi connectivity index (χ1v) is 5.37. The molecule has 16 heavy (non-hydrogen) atoms. The van der Waals surface area contributed by atoms with Gasteiger partial charge in [-0.2, -0.15) is 0 Å². The molecule has 0 bridgehead atoms. The van der Waals surface area contributed by atoms with E-state index in [2.05, 4.69) is 10.3 Å². The van der Waals surface area contributed by atoms with Crippen LogP contribution in [0.4, 0.5) is 0 Å². The van der Waals surface area contributed by atoms with Crippen LogP contribution in [0.15, 0.2) is 23.0 Å². The molecule has 1 atom stereocenters. The minimum atomic E-state index is -0.290. The summed E-state index contributed by atoms with van der Waals surface area (Å²) in [7, 11) is 0. The second-order valence-corrected chi connectivity index (χ2v) is 3.62. The van der Waals surface area contributed by atoms with Crippen molar-refractivity contribution in [1.29, 1.82) is 0 Å². The van der Waals surface area contributed by atoms with Crippen molar-refractivity contribution in [2.24, 2.45) is 5.73 Å².